The zero-order valence-corrected chi connectivity index (χ0v) is 17.7. The van der Waals surface area contributed by atoms with Crippen LogP contribution in [0.2, 0.25) is 0 Å². The van der Waals surface area contributed by atoms with Gasteiger partial charge in [-0.3, -0.25) is 9.88 Å². The van der Waals surface area contributed by atoms with Gasteiger partial charge in [0.15, 0.2) is 0 Å². The molecule has 0 saturated carbocycles. The molecule has 3 rings (SSSR count). The van der Waals surface area contributed by atoms with Gasteiger partial charge in [-0.2, -0.15) is 0 Å². The summed E-state index contributed by atoms with van der Waals surface area (Å²) in [6.07, 6.45) is 3.39. The fourth-order valence-corrected chi connectivity index (χ4v) is 4.15. The molecule has 0 spiro atoms. The number of halogens is 3. The topological polar surface area (TPSA) is 74.3 Å². The van der Waals surface area contributed by atoms with Crippen LogP contribution in [0.1, 0.15) is 6.92 Å². The van der Waals surface area contributed by atoms with Crippen molar-refractivity contribution in [2.24, 2.45) is 0 Å². The molecule has 1 fully saturated rings. The molecule has 0 unspecified atom stereocenters. The second-order valence-electron chi connectivity index (χ2n) is 5.96. The Morgan fingerprint density at radius 3 is 2.54 bits per heavy atom. The highest BCUT2D eigenvalue weighted by Gasteiger charge is 2.20. The van der Waals surface area contributed by atoms with Gasteiger partial charge < -0.3 is 5.32 Å². The molecule has 2 heterocycles. The lowest BCUT2D eigenvalue weighted by atomic mass is 10.2. The Bertz CT molecular complexity index is 786. The summed E-state index contributed by atoms with van der Waals surface area (Å²) in [5.41, 5.74) is 0. The molecule has 1 saturated heterocycles. The van der Waals surface area contributed by atoms with Gasteiger partial charge in [-0.05, 0) is 30.5 Å². The molecule has 10 heteroatoms. The number of aromatic nitrogens is 1. The molecule has 1 atom stereocenters. The van der Waals surface area contributed by atoms with Crippen LogP contribution in [0.3, 0.4) is 0 Å². The Balaban J connectivity index is 0.00000208. The summed E-state index contributed by atoms with van der Waals surface area (Å²) in [4.78, 5) is 6.61. The number of rotatable bonds is 5. The van der Waals surface area contributed by atoms with E-state index in [1.54, 1.807) is 30.6 Å². The highest BCUT2D eigenvalue weighted by molar-refractivity contribution is 7.89. The van der Waals surface area contributed by atoms with E-state index in [2.05, 4.69) is 19.9 Å². The maximum absolute atomic E-state index is 12.6. The number of sulfonamides is 1. The van der Waals surface area contributed by atoms with E-state index >= 15 is 0 Å². The minimum Gasteiger partial charge on any atom is -0.314 e. The number of hydrogen-bond donors (Lipinski definition) is 2. The normalized spacial score (nSPS) is 16.0. The van der Waals surface area contributed by atoms with Crippen molar-refractivity contribution < 1.29 is 8.42 Å². The number of hydrogen-bond acceptors (Lipinski definition) is 5. The number of nitrogens with one attached hydrogen (secondary N) is 2. The smallest absolute Gasteiger partial charge is 0.240 e. The van der Waals surface area contributed by atoms with Gasteiger partial charge in [0.2, 0.25) is 10.0 Å². The predicted molar refractivity (Wildman–Crippen MR) is 113 cm³/mol. The number of fused-ring (bicyclic) bond motifs is 1. The van der Waals surface area contributed by atoms with Crippen LogP contribution in [0.25, 0.3) is 10.8 Å². The van der Waals surface area contributed by atoms with Crippen LogP contribution in [-0.2, 0) is 10.0 Å². The van der Waals surface area contributed by atoms with Crippen molar-refractivity contribution >= 4 is 58.0 Å². The van der Waals surface area contributed by atoms with Gasteiger partial charge in [-0.1, -0.05) is 6.07 Å². The Labute approximate surface area is 173 Å². The molecule has 2 N–H and O–H groups in total. The second kappa shape index (κ2) is 11.2. The van der Waals surface area contributed by atoms with E-state index in [-0.39, 0.29) is 43.3 Å². The average Bonchev–Trinajstić information content (AvgIpc) is 2.54. The molecule has 1 aliphatic heterocycles. The Hall–Kier alpha value is -0.670. The molecule has 1 aromatic heterocycles. The molecule has 6 nitrogen and oxygen atoms in total. The monoisotopic (exact) mass is 442 g/mol. The van der Waals surface area contributed by atoms with Crippen LogP contribution >= 0.6 is 37.2 Å². The average molecular weight is 444 g/mol. The minimum absolute atomic E-state index is 0. The summed E-state index contributed by atoms with van der Waals surface area (Å²) in [5.74, 6) is 0. The molecule has 0 radical (unpaired) electrons. The van der Waals surface area contributed by atoms with Crippen LogP contribution in [0.15, 0.2) is 41.6 Å². The van der Waals surface area contributed by atoms with Gasteiger partial charge in [0.25, 0.3) is 0 Å². The highest BCUT2D eigenvalue weighted by atomic mass is 35.5. The molecule has 26 heavy (non-hydrogen) atoms. The van der Waals surface area contributed by atoms with Crippen molar-refractivity contribution in [1.29, 1.82) is 0 Å². The van der Waals surface area contributed by atoms with Crippen molar-refractivity contribution in [3.05, 3.63) is 36.7 Å². The molecule has 0 bridgehead atoms. The molecule has 148 valence electrons. The second-order valence-corrected chi connectivity index (χ2v) is 7.67. The third-order valence-electron chi connectivity index (χ3n) is 4.02. The van der Waals surface area contributed by atoms with E-state index in [0.717, 1.165) is 43.5 Å². The molecular formula is C16H25Cl3N4O2S. The van der Waals surface area contributed by atoms with Gasteiger partial charge in [0.1, 0.15) is 0 Å². The standard InChI is InChI=1S/C16H22N4O2S.3ClH/c1-13(12-20-8-6-17-7-9-20)19-23(21,22)16-3-2-15-11-18-5-4-14(15)10-16;;;/h2-5,10-11,13,17,19H,6-9,12H2,1H3;3*1H/t13-;;;/m1.../s1. The molecular weight excluding hydrogens is 419 g/mol. The van der Waals surface area contributed by atoms with Crippen molar-refractivity contribution in [3.8, 4) is 0 Å². The fourth-order valence-electron chi connectivity index (χ4n) is 2.88. The van der Waals surface area contributed by atoms with Crippen molar-refractivity contribution in [1.82, 2.24) is 19.9 Å². The zero-order valence-electron chi connectivity index (χ0n) is 14.4. The molecule has 0 aliphatic carbocycles. The quantitative estimate of drug-likeness (QED) is 0.740. The lowest BCUT2D eigenvalue weighted by Crippen LogP contribution is -2.49. The molecule has 0 amide bonds. The van der Waals surface area contributed by atoms with Gasteiger partial charge >= 0.3 is 0 Å². The van der Waals surface area contributed by atoms with Crippen LogP contribution in [-0.4, -0.2) is 57.1 Å². The first-order chi connectivity index (χ1) is 11.0. The third kappa shape index (κ3) is 6.49. The molecule has 1 aliphatic rings. The summed E-state index contributed by atoms with van der Waals surface area (Å²) in [7, 11) is -3.51. The minimum atomic E-state index is -3.51. The van der Waals surface area contributed by atoms with Crippen molar-refractivity contribution in [2.75, 3.05) is 32.7 Å². The van der Waals surface area contributed by atoms with E-state index in [1.165, 1.54) is 0 Å². The number of nitrogens with zero attached hydrogens (tertiary/aromatic N) is 2. The maximum atomic E-state index is 12.6. The summed E-state index contributed by atoms with van der Waals surface area (Å²) in [5, 5.41) is 5.10. The first-order valence-corrected chi connectivity index (χ1v) is 9.32. The first-order valence-electron chi connectivity index (χ1n) is 7.84. The van der Waals surface area contributed by atoms with Gasteiger partial charge in [0.05, 0.1) is 4.90 Å². The molecule has 2 aromatic rings. The van der Waals surface area contributed by atoms with E-state index in [0.29, 0.717) is 4.90 Å². The first kappa shape index (κ1) is 25.3. The number of piperazine rings is 1. The summed E-state index contributed by atoms with van der Waals surface area (Å²) >= 11 is 0. The van der Waals surface area contributed by atoms with Crippen molar-refractivity contribution in [2.45, 2.75) is 17.9 Å². The van der Waals surface area contributed by atoms with Crippen LogP contribution < -0.4 is 10.0 Å². The van der Waals surface area contributed by atoms with Gasteiger partial charge in [-0.15, -0.1) is 37.2 Å². The van der Waals surface area contributed by atoms with Crippen LogP contribution in [0.4, 0.5) is 0 Å². The summed E-state index contributed by atoms with van der Waals surface area (Å²) in [6.45, 7) is 6.45. The largest absolute Gasteiger partial charge is 0.314 e. The fraction of sp³-hybridized carbons (Fsp3) is 0.438. The van der Waals surface area contributed by atoms with E-state index < -0.39 is 10.0 Å². The lowest BCUT2D eigenvalue weighted by molar-refractivity contribution is 0.227. The lowest BCUT2D eigenvalue weighted by Gasteiger charge is -2.29. The Morgan fingerprint density at radius 2 is 1.85 bits per heavy atom. The Morgan fingerprint density at radius 1 is 1.15 bits per heavy atom. The SMILES string of the molecule is C[C@H](CN1CCNCC1)NS(=O)(=O)c1ccc2cnccc2c1.Cl.Cl.Cl. The predicted octanol–water partition coefficient (Wildman–Crippen LogP) is 2.07. The van der Waals surface area contributed by atoms with Crippen LogP contribution in [0.5, 0.6) is 0 Å². The zero-order chi connectivity index (χ0) is 16.3. The highest BCUT2D eigenvalue weighted by Crippen LogP contribution is 2.18. The third-order valence-corrected chi connectivity index (χ3v) is 5.61. The number of pyridine rings is 1. The summed E-state index contributed by atoms with van der Waals surface area (Å²) in [6, 6.07) is 6.79. The van der Waals surface area contributed by atoms with E-state index in [1.807, 2.05) is 13.0 Å². The van der Waals surface area contributed by atoms with Crippen molar-refractivity contribution in [3.63, 3.8) is 0 Å². The molecule has 1 aromatic carbocycles. The number of benzene rings is 1. The van der Waals surface area contributed by atoms with Gasteiger partial charge in [-0.25, -0.2) is 13.1 Å². The van der Waals surface area contributed by atoms with Gasteiger partial charge in [0, 0.05) is 56.5 Å². The van der Waals surface area contributed by atoms with E-state index in [9.17, 15) is 8.42 Å². The Kier molecular flexibility index (Phi) is 10.9. The summed E-state index contributed by atoms with van der Waals surface area (Å²) < 4.78 is 27.9. The van der Waals surface area contributed by atoms with E-state index in [4.69, 9.17) is 0 Å². The van der Waals surface area contributed by atoms with Crippen LogP contribution in [0, 0.1) is 0 Å². The maximum Gasteiger partial charge on any atom is 0.240 e.